The molecule has 0 N–H and O–H groups in total. The molecule has 0 saturated carbocycles. The first kappa shape index (κ1) is 15.9. The van der Waals surface area contributed by atoms with Crippen LogP contribution in [-0.2, 0) is 6.42 Å². The molecule has 1 aromatic rings. The van der Waals surface area contributed by atoms with Crippen molar-refractivity contribution in [1.29, 1.82) is 0 Å². The summed E-state index contributed by atoms with van der Waals surface area (Å²) in [6.45, 7) is 2.92. The number of nitrogens with zero attached hydrogens (tertiary/aromatic N) is 4. The highest BCUT2D eigenvalue weighted by Crippen LogP contribution is 2.52. The number of hydrogen-bond donors (Lipinski definition) is 0. The molecule has 0 fully saturated rings. The molecule has 3 heterocycles. The molecule has 0 aromatic heterocycles. The highest BCUT2D eigenvalue weighted by Gasteiger charge is 2.57. The maximum atomic E-state index is 7.34. The standard InChI is InChI=1S/C19H21Cl2N4/c1-2-12-4-3-5-15-19(12)17-8-13-6-7-14(20)9-16(13)25(17,21)10-18-23-22-11-24(15)18/h3-4,6-7,9-10,12,15,17,19H,2,5,8,11H2,1H3/q+1. The van der Waals surface area contributed by atoms with Crippen molar-refractivity contribution >= 4 is 29.1 Å². The zero-order chi connectivity index (χ0) is 17.2. The van der Waals surface area contributed by atoms with Crippen molar-refractivity contribution in [2.24, 2.45) is 22.1 Å². The van der Waals surface area contributed by atoms with Gasteiger partial charge in [0.25, 0.3) is 0 Å². The fourth-order valence-corrected chi connectivity index (χ4v) is 5.82. The minimum Gasteiger partial charge on any atom is -0.326 e. The van der Waals surface area contributed by atoms with Crippen molar-refractivity contribution in [2.45, 2.75) is 38.3 Å². The Labute approximate surface area is 158 Å². The van der Waals surface area contributed by atoms with Crippen LogP contribution in [0.25, 0.3) is 0 Å². The van der Waals surface area contributed by atoms with E-state index in [0.717, 1.165) is 35.8 Å². The number of benzene rings is 1. The summed E-state index contributed by atoms with van der Waals surface area (Å²) in [5.41, 5.74) is 2.39. The summed E-state index contributed by atoms with van der Waals surface area (Å²) >= 11 is 13.6. The molecule has 0 amide bonds. The Kier molecular flexibility index (Phi) is 3.53. The highest BCUT2D eigenvalue weighted by atomic mass is 35.5. The first-order chi connectivity index (χ1) is 12.1. The van der Waals surface area contributed by atoms with Gasteiger partial charge >= 0.3 is 0 Å². The van der Waals surface area contributed by atoms with Crippen molar-refractivity contribution in [3.05, 3.63) is 53.0 Å². The molecule has 0 radical (unpaired) electrons. The zero-order valence-corrected chi connectivity index (χ0v) is 15.7. The van der Waals surface area contributed by atoms with Gasteiger partial charge in [0, 0.05) is 35.0 Å². The second-order valence-electron chi connectivity index (χ2n) is 7.45. The number of hydrogen-bond acceptors (Lipinski definition) is 3. The van der Waals surface area contributed by atoms with Gasteiger partial charge in [0.15, 0.2) is 23.7 Å². The molecule has 4 aliphatic rings. The van der Waals surface area contributed by atoms with Crippen LogP contribution in [0.2, 0.25) is 5.02 Å². The van der Waals surface area contributed by atoms with Crippen LogP contribution in [-0.4, -0.2) is 23.7 Å². The topological polar surface area (TPSA) is 28.0 Å². The molecule has 0 bridgehead atoms. The van der Waals surface area contributed by atoms with Crippen LogP contribution in [0.15, 0.2) is 52.6 Å². The Hall–Kier alpha value is -1.36. The molecular formula is C19H21Cl2N4+. The maximum Gasteiger partial charge on any atom is 0.208 e. The van der Waals surface area contributed by atoms with Gasteiger partial charge in [0.2, 0.25) is 5.82 Å². The first-order valence-electron chi connectivity index (χ1n) is 9.02. The van der Waals surface area contributed by atoms with Gasteiger partial charge in [-0.1, -0.05) is 36.7 Å². The molecule has 0 saturated heterocycles. The molecule has 5 rings (SSSR count). The smallest absolute Gasteiger partial charge is 0.208 e. The van der Waals surface area contributed by atoms with Gasteiger partial charge in [-0.3, -0.25) is 0 Å². The van der Waals surface area contributed by atoms with Gasteiger partial charge in [0.1, 0.15) is 12.7 Å². The second-order valence-corrected chi connectivity index (χ2v) is 8.45. The Morgan fingerprint density at radius 1 is 1.36 bits per heavy atom. The van der Waals surface area contributed by atoms with E-state index >= 15 is 0 Å². The predicted molar refractivity (Wildman–Crippen MR) is 101 cm³/mol. The molecule has 4 nitrogen and oxygen atoms in total. The Balaban J connectivity index is 1.72. The maximum absolute atomic E-state index is 7.34. The third-order valence-corrected chi connectivity index (χ3v) is 7.10. The molecular weight excluding hydrogens is 355 g/mol. The van der Waals surface area contributed by atoms with Crippen molar-refractivity contribution in [3.63, 3.8) is 0 Å². The van der Waals surface area contributed by atoms with Crippen LogP contribution in [0.3, 0.4) is 0 Å². The average molecular weight is 376 g/mol. The van der Waals surface area contributed by atoms with Crippen LogP contribution in [0.1, 0.15) is 25.3 Å². The van der Waals surface area contributed by atoms with Crippen LogP contribution < -0.4 is 4.00 Å². The molecule has 3 aliphatic heterocycles. The van der Waals surface area contributed by atoms with Gasteiger partial charge in [-0.25, -0.2) is 0 Å². The largest absolute Gasteiger partial charge is 0.326 e. The summed E-state index contributed by atoms with van der Waals surface area (Å²) < 4.78 is 0.270. The van der Waals surface area contributed by atoms with Gasteiger partial charge in [-0.15, -0.1) is 5.11 Å². The number of quaternary nitrogens is 1. The summed E-state index contributed by atoms with van der Waals surface area (Å²) in [6, 6.07) is 6.83. The molecule has 6 heteroatoms. The van der Waals surface area contributed by atoms with Crippen LogP contribution >= 0.6 is 23.4 Å². The molecule has 5 atom stereocenters. The summed E-state index contributed by atoms with van der Waals surface area (Å²) in [4.78, 5) is 2.35. The molecule has 25 heavy (non-hydrogen) atoms. The van der Waals surface area contributed by atoms with Crippen molar-refractivity contribution in [3.8, 4) is 0 Å². The van der Waals surface area contributed by atoms with E-state index in [2.05, 4.69) is 46.5 Å². The van der Waals surface area contributed by atoms with Crippen LogP contribution in [0.4, 0.5) is 5.69 Å². The lowest BCUT2D eigenvalue weighted by Crippen LogP contribution is -2.53. The third kappa shape index (κ3) is 2.17. The predicted octanol–water partition coefficient (Wildman–Crippen LogP) is 5.23. The first-order valence-corrected chi connectivity index (χ1v) is 9.74. The Morgan fingerprint density at radius 2 is 2.24 bits per heavy atom. The number of rotatable bonds is 1. The van der Waals surface area contributed by atoms with Gasteiger partial charge < -0.3 is 4.90 Å². The molecule has 1 aromatic carbocycles. The van der Waals surface area contributed by atoms with Crippen molar-refractivity contribution in [1.82, 2.24) is 8.90 Å². The SMILES string of the molecule is CCC1C=CCC2C1C1Cc3ccc(Cl)cc3[N+]1(Cl)C=C1N=NCN12. The number of azo groups is 1. The van der Waals surface area contributed by atoms with Crippen molar-refractivity contribution in [2.75, 3.05) is 6.67 Å². The number of halogens is 2. The lowest BCUT2D eigenvalue weighted by molar-refractivity contribution is 0.123. The minimum atomic E-state index is 0.270. The minimum absolute atomic E-state index is 0.270. The van der Waals surface area contributed by atoms with E-state index in [1.807, 2.05) is 12.1 Å². The molecule has 5 unspecified atom stereocenters. The molecule has 130 valence electrons. The lowest BCUT2D eigenvalue weighted by atomic mass is 9.73. The van der Waals surface area contributed by atoms with Crippen LogP contribution in [0.5, 0.6) is 0 Å². The van der Waals surface area contributed by atoms with E-state index in [0.29, 0.717) is 30.6 Å². The van der Waals surface area contributed by atoms with Crippen LogP contribution in [0, 0.1) is 11.8 Å². The number of allylic oxidation sites excluding steroid dienone is 1. The number of fused-ring (bicyclic) bond motifs is 7. The van der Waals surface area contributed by atoms with E-state index in [9.17, 15) is 0 Å². The molecule has 0 spiro atoms. The summed E-state index contributed by atoms with van der Waals surface area (Å²) in [7, 11) is 0. The van der Waals surface area contributed by atoms with Crippen molar-refractivity contribution < 1.29 is 0 Å². The van der Waals surface area contributed by atoms with E-state index in [1.165, 1.54) is 5.56 Å². The normalized spacial score (nSPS) is 37.9. The Morgan fingerprint density at radius 3 is 3.08 bits per heavy atom. The fourth-order valence-electron chi connectivity index (χ4n) is 5.21. The quantitative estimate of drug-likeness (QED) is 0.487. The van der Waals surface area contributed by atoms with Gasteiger partial charge in [0.05, 0.1) is 0 Å². The monoisotopic (exact) mass is 375 g/mol. The lowest BCUT2D eigenvalue weighted by Gasteiger charge is -2.42. The summed E-state index contributed by atoms with van der Waals surface area (Å²) in [5.74, 6) is 1.90. The summed E-state index contributed by atoms with van der Waals surface area (Å²) in [6.07, 6.45) is 9.96. The van der Waals surface area contributed by atoms with E-state index in [-0.39, 0.29) is 4.00 Å². The second kappa shape index (κ2) is 5.57. The van der Waals surface area contributed by atoms with Gasteiger partial charge in [-0.2, -0.15) is 9.12 Å². The van der Waals surface area contributed by atoms with E-state index in [4.69, 9.17) is 23.4 Å². The summed E-state index contributed by atoms with van der Waals surface area (Å²) in [5, 5.41) is 9.44. The average Bonchev–Trinajstić information content (AvgIpc) is 3.15. The third-order valence-electron chi connectivity index (χ3n) is 6.33. The highest BCUT2D eigenvalue weighted by molar-refractivity contribution is 6.31. The fraction of sp³-hybridized carbons (Fsp3) is 0.474. The zero-order valence-electron chi connectivity index (χ0n) is 14.1. The van der Waals surface area contributed by atoms with E-state index < -0.39 is 0 Å². The Bertz CT molecular complexity index is 818. The molecule has 1 aliphatic carbocycles. The van der Waals surface area contributed by atoms with E-state index in [1.54, 1.807) is 0 Å². The van der Waals surface area contributed by atoms with Gasteiger partial charge in [-0.05, 0) is 24.8 Å².